The number of aromatic nitrogens is 1. The van der Waals surface area contributed by atoms with Gasteiger partial charge in [0.2, 0.25) is 5.91 Å². The molecule has 1 saturated heterocycles. The molecular weight excluding hydrogens is 248 g/mol. The van der Waals surface area contributed by atoms with Crippen LogP contribution in [0.25, 0.3) is 0 Å². The van der Waals surface area contributed by atoms with E-state index in [0.29, 0.717) is 13.0 Å². The van der Waals surface area contributed by atoms with Gasteiger partial charge in [-0.1, -0.05) is 36.4 Å². The number of hydrogen-bond acceptors (Lipinski definition) is 2. The first-order valence-corrected chi connectivity index (χ1v) is 7.05. The van der Waals surface area contributed by atoms with Crippen LogP contribution in [0.15, 0.2) is 54.7 Å². The van der Waals surface area contributed by atoms with Gasteiger partial charge in [0.1, 0.15) is 0 Å². The SMILES string of the molecule is O=C1CCCC(c2ccccc2)(c2ccccn2)CN1. The summed E-state index contributed by atoms with van der Waals surface area (Å²) < 4.78 is 0. The van der Waals surface area contributed by atoms with Crippen molar-refractivity contribution in [3.8, 4) is 0 Å². The quantitative estimate of drug-likeness (QED) is 0.908. The van der Waals surface area contributed by atoms with Gasteiger partial charge >= 0.3 is 0 Å². The molecule has 3 rings (SSSR count). The Balaban J connectivity index is 2.10. The molecule has 1 aromatic carbocycles. The maximum Gasteiger partial charge on any atom is 0.220 e. The summed E-state index contributed by atoms with van der Waals surface area (Å²) in [4.78, 5) is 16.3. The number of carbonyl (C=O) groups is 1. The maximum absolute atomic E-state index is 11.7. The lowest BCUT2D eigenvalue weighted by Gasteiger charge is -2.32. The van der Waals surface area contributed by atoms with Crippen molar-refractivity contribution in [2.24, 2.45) is 0 Å². The molecule has 0 saturated carbocycles. The van der Waals surface area contributed by atoms with E-state index in [1.807, 2.05) is 36.5 Å². The highest BCUT2D eigenvalue weighted by molar-refractivity contribution is 5.76. The van der Waals surface area contributed by atoms with E-state index in [1.54, 1.807) is 0 Å². The number of amides is 1. The van der Waals surface area contributed by atoms with Gasteiger partial charge in [0, 0.05) is 19.2 Å². The average Bonchev–Trinajstić information content (AvgIpc) is 2.72. The molecule has 0 radical (unpaired) electrons. The molecule has 3 nitrogen and oxygen atoms in total. The van der Waals surface area contributed by atoms with E-state index in [9.17, 15) is 4.79 Å². The zero-order valence-electron chi connectivity index (χ0n) is 11.4. The second-order valence-electron chi connectivity index (χ2n) is 5.29. The predicted octanol–water partition coefficient (Wildman–Crippen LogP) is 2.67. The number of nitrogens with one attached hydrogen (secondary N) is 1. The standard InChI is InChI=1S/C17H18N2O/c20-16-10-6-11-17(13-19-16,14-7-2-1-3-8-14)15-9-4-5-12-18-15/h1-5,7-9,12H,6,10-11,13H2,(H,19,20). The third-order valence-corrected chi connectivity index (χ3v) is 4.08. The fraction of sp³-hybridized carbons (Fsp3) is 0.294. The summed E-state index contributed by atoms with van der Waals surface area (Å²) in [7, 11) is 0. The first kappa shape index (κ1) is 12.9. The minimum atomic E-state index is -0.214. The van der Waals surface area contributed by atoms with Gasteiger partial charge < -0.3 is 5.32 Å². The molecule has 20 heavy (non-hydrogen) atoms. The van der Waals surface area contributed by atoms with E-state index in [-0.39, 0.29) is 11.3 Å². The summed E-state index contributed by atoms with van der Waals surface area (Å²) in [6.07, 6.45) is 4.25. The van der Waals surface area contributed by atoms with Crippen LogP contribution in [0, 0.1) is 0 Å². The van der Waals surface area contributed by atoms with Crippen LogP contribution in [0.1, 0.15) is 30.5 Å². The van der Waals surface area contributed by atoms with Crippen molar-refractivity contribution >= 4 is 5.91 Å². The van der Waals surface area contributed by atoms with Gasteiger partial charge in [0.15, 0.2) is 0 Å². The Kier molecular flexibility index (Phi) is 3.50. The van der Waals surface area contributed by atoms with Crippen LogP contribution in [0.2, 0.25) is 0 Å². The molecule has 0 bridgehead atoms. The summed E-state index contributed by atoms with van der Waals surface area (Å²) in [5.41, 5.74) is 2.05. The first-order valence-electron chi connectivity index (χ1n) is 7.05. The van der Waals surface area contributed by atoms with Gasteiger partial charge in [-0.15, -0.1) is 0 Å². The van der Waals surface area contributed by atoms with E-state index < -0.39 is 0 Å². The fourth-order valence-corrected chi connectivity index (χ4v) is 2.99. The third kappa shape index (κ3) is 2.31. The van der Waals surface area contributed by atoms with Gasteiger partial charge in [0.25, 0.3) is 0 Å². The molecule has 0 aliphatic carbocycles. The summed E-state index contributed by atoms with van der Waals surface area (Å²) >= 11 is 0. The van der Waals surface area contributed by atoms with Crippen LogP contribution in [0.4, 0.5) is 0 Å². The van der Waals surface area contributed by atoms with Gasteiger partial charge in [-0.2, -0.15) is 0 Å². The largest absolute Gasteiger partial charge is 0.355 e. The molecule has 2 aromatic rings. The molecule has 0 spiro atoms. The molecular formula is C17H18N2O. The third-order valence-electron chi connectivity index (χ3n) is 4.08. The summed E-state index contributed by atoms with van der Waals surface area (Å²) in [6.45, 7) is 0.618. The number of rotatable bonds is 2. The molecule has 2 heterocycles. The van der Waals surface area contributed by atoms with Crippen LogP contribution in [-0.4, -0.2) is 17.4 Å². The highest BCUT2D eigenvalue weighted by atomic mass is 16.1. The Morgan fingerprint density at radius 1 is 1.05 bits per heavy atom. The van der Waals surface area contributed by atoms with Crippen LogP contribution in [0.3, 0.4) is 0 Å². The summed E-state index contributed by atoms with van der Waals surface area (Å²) in [5.74, 6) is 0.138. The van der Waals surface area contributed by atoms with Crippen LogP contribution < -0.4 is 5.32 Å². The van der Waals surface area contributed by atoms with E-state index in [4.69, 9.17) is 0 Å². The van der Waals surface area contributed by atoms with Gasteiger partial charge in [-0.3, -0.25) is 9.78 Å². The average molecular weight is 266 g/mol. The topological polar surface area (TPSA) is 42.0 Å². The molecule has 1 unspecified atom stereocenters. The zero-order valence-corrected chi connectivity index (χ0v) is 11.4. The van der Waals surface area contributed by atoms with Crippen molar-refractivity contribution in [3.05, 3.63) is 66.0 Å². The van der Waals surface area contributed by atoms with Crippen molar-refractivity contribution in [3.63, 3.8) is 0 Å². The van der Waals surface area contributed by atoms with Gasteiger partial charge in [0.05, 0.1) is 11.1 Å². The number of nitrogens with zero attached hydrogens (tertiary/aromatic N) is 1. The molecule has 1 atom stereocenters. The minimum absolute atomic E-state index is 0.138. The molecule has 1 aromatic heterocycles. The molecule has 1 amide bonds. The van der Waals surface area contributed by atoms with E-state index in [1.165, 1.54) is 5.56 Å². The molecule has 3 heteroatoms. The molecule has 102 valence electrons. The second kappa shape index (κ2) is 5.45. The minimum Gasteiger partial charge on any atom is -0.355 e. The lowest BCUT2D eigenvalue weighted by Crippen LogP contribution is -2.39. The lowest BCUT2D eigenvalue weighted by atomic mass is 9.74. The van der Waals surface area contributed by atoms with E-state index >= 15 is 0 Å². The van der Waals surface area contributed by atoms with E-state index in [2.05, 4.69) is 28.5 Å². The highest BCUT2D eigenvalue weighted by Crippen LogP contribution is 2.36. The van der Waals surface area contributed by atoms with Crippen molar-refractivity contribution in [1.82, 2.24) is 10.3 Å². The normalized spacial score (nSPS) is 22.9. The highest BCUT2D eigenvalue weighted by Gasteiger charge is 2.37. The fourth-order valence-electron chi connectivity index (χ4n) is 2.99. The van der Waals surface area contributed by atoms with Gasteiger partial charge in [-0.25, -0.2) is 0 Å². The van der Waals surface area contributed by atoms with Crippen molar-refractivity contribution in [1.29, 1.82) is 0 Å². The molecule has 1 fully saturated rings. The second-order valence-corrected chi connectivity index (χ2v) is 5.29. The smallest absolute Gasteiger partial charge is 0.220 e. The molecule has 1 aliphatic heterocycles. The number of benzene rings is 1. The van der Waals surface area contributed by atoms with Gasteiger partial charge in [-0.05, 0) is 30.5 Å². The summed E-state index contributed by atoms with van der Waals surface area (Å²) in [6, 6.07) is 16.4. The Morgan fingerprint density at radius 3 is 2.60 bits per heavy atom. The summed E-state index contributed by atoms with van der Waals surface area (Å²) in [5, 5.41) is 3.05. The van der Waals surface area contributed by atoms with Crippen LogP contribution in [-0.2, 0) is 10.2 Å². The van der Waals surface area contributed by atoms with Crippen LogP contribution in [0.5, 0.6) is 0 Å². The number of hydrogen-bond donors (Lipinski definition) is 1. The zero-order chi connectivity index (χ0) is 13.8. The number of pyridine rings is 1. The van der Waals surface area contributed by atoms with Crippen molar-refractivity contribution in [2.45, 2.75) is 24.7 Å². The van der Waals surface area contributed by atoms with Crippen molar-refractivity contribution in [2.75, 3.05) is 6.54 Å². The Morgan fingerprint density at radius 2 is 1.85 bits per heavy atom. The number of carbonyl (C=O) groups excluding carboxylic acids is 1. The van der Waals surface area contributed by atoms with E-state index in [0.717, 1.165) is 18.5 Å². The van der Waals surface area contributed by atoms with Crippen LogP contribution >= 0.6 is 0 Å². The monoisotopic (exact) mass is 266 g/mol. The lowest BCUT2D eigenvalue weighted by molar-refractivity contribution is -0.120. The molecule has 1 N–H and O–H groups in total. The first-order chi connectivity index (χ1) is 9.81. The Hall–Kier alpha value is -2.16. The molecule has 1 aliphatic rings. The maximum atomic E-state index is 11.7. The predicted molar refractivity (Wildman–Crippen MR) is 78.3 cm³/mol. The van der Waals surface area contributed by atoms with Crippen molar-refractivity contribution < 1.29 is 4.79 Å². The Labute approximate surface area is 119 Å². The Bertz CT molecular complexity index is 541.